The number of nitrogens with one attached hydrogen (secondary N) is 1. The van der Waals surface area contributed by atoms with E-state index in [0.717, 1.165) is 13.1 Å². The number of amides is 2. The summed E-state index contributed by atoms with van der Waals surface area (Å²) in [6, 6.07) is 16.4. The van der Waals surface area contributed by atoms with Gasteiger partial charge in [0.05, 0.1) is 0 Å². The lowest BCUT2D eigenvalue weighted by Crippen LogP contribution is -2.48. The number of hydrogen-bond acceptors (Lipinski definition) is 4. The molecule has 2 aromatic carbocycles. The molecular formula is C24H27F2N3O3. The number of hydrogen-bond donors (Lipinski definition) is 1. The van der Waals surface area contributed by atoms with Crippen molar-refractivity contribution in [1.29, 1.82) is 0 Å². The Morgan fingerprint density at radius 3 is 2.41 bits per heavy atom. The summed E-state index contributed by atoms with van der Waals surface area (Å²) in [6.45, 7) is 0.388. The van der Waals surface area contributed by atoms with Crippen LogP contribution in [-0.2, 0) is 9.59 Å². The summed E-state index contributed by atoms with van der Waals surface area (Å²) >= 11 is 0. The van der Waals surface area contributed by atoms with E-state index in [0.29, 0.717) is 38.0 Å². The van der Waals surface area contributed by atoms with E-state index >= 15 is 0 Å². The second kappa shape index (κ2) is 11.8. The summed E-state index contributed by atoms with van der Waals surface area (Å²) in [4.78, 5) is 28.5. The molecule has 2 amide bonds. The number of rotatable bonds is 9. The van der Waals surface area contributed by atoms with Crippen LogP contribution in [0, 0.1) is 0 Å². The minimum Gasteiger partial charge on any atom is -0.434 e. The number of para-hydroxylation sites is 2. The van der Waals surface area contributed by atoms with E-state index < -0.39 is 6.61 Å². The average molecular weight is 443 g/mol. The largest absolute Gasteiger partial charge is 0.434 e. The van der Waals surface area contributed by atoms with Crippen molar-refractivity contribution in [3.05, 3.63) is 66.2 Å². The molecule has 1 saturated heterocycles. The number of ether oxygens (including phenoxy) is 1. The first-order chi connectivity index (χ1) is 15.5. The zero-order valence-electron chi connectivity index (χ0n) is 17.8. The number of benzene rings is 2. The van der Waals surface area contributed by atoms with Crippen molar-refractivity contribution >= 4 is 23.6 Å². The molecule has 1 aliphatic rings. The highest BCUT2D eigenvalue weighted by atomic mass is 19.3. The molecule has 0 saturated carbocycles. The van der Waals surface area contributed by atoms with Crippen LogP contribution >= 0.6 is 0 Å². The first kappa shape index (κ1) is 23.2. The highest BCUT2D eigenvalue weighted by Crippen LogP contribution is 2.21. The normalized spacial score (nSPS) is 14.1. The summed E-state index contributed by atoms with van der Waals surface area (Å²) in [6.07, 6.45) is 3.57. The molecule has 0 spiro atoms. The Morgan fingerprint density at radius 2 is 1.69 bits per heavy atom. The van der Waals surface area contributed by atoms with Crippen LogP contribution in [0.2, 0.25) is 0 Å². The average Bonchev–Trinajstić information content (AvgIpc) is 2.81. The summed E-state index contributed by atoms with van der Waals surface area (Å²) in [5.74, 6) is -0.272. The molecule has 0 aliphatic carbocycles. The van der Waals surface area contributed by atoms with Crippen molar-refractivity contribution in [3.8, 4) is 5.75 Å². The van der Waals surface area contributed by atoms with E-state index in [4.69, 9.17) is 0 Å². The van der Waals surface area contributed by atoms with E-state index in [9.17, 15) is 18.4 Å². The Bertz CT molecular complexity index is 914. The van der Waals surface area contributed by atoms with E-state index in [1.54, 1.807) is 18.2 Å². The van der Waals surface area contributed by atoms with Crippen molar-refractivity contribution in [3.63, 3.8) is 0 Å². The lowest BCUT2D eigenvalue weighted by molar-refractivity contribution is -0.131. The molecule has 1 aliphatic heterocycles. The zero-order valence-corrected chi connectivity index (χ0v) is 17.8. The van der Waals surface area contributed by atoms with Crippen molar-refractivity contribution < 1.29 is 23.1 Å². The molecule has 2 aromatic rings. The Balaban J connectivity index is 1.35. The Kier molecular flexibility index (Phi) is 8.60. The molecular weight excluding hydrogens is 416 g/mol. The maximum atomic E-state index is 12.4. The fourth-order valence-corrected chi connectivity index (χ4v) is 3.51. The standard InChI is InChI=1S/C24H27F2N3O3/c25-24(26)32-21-10-5-4-7-19(21)12-13-22(30)27-14-6-11-23(31)29-17-15-28(16-18-29)20-8-2-1-3-9-20/h1-5,7-10,12-13,24H,6,11,14-18H2,(H,27,30). The SMILES string of the molecule is O=C(C=Cc1ccccc1OC(F)F)NCCCC(=O)N1CCN(c2ccccc2)CC1. The Hall–Kier alpha value is -3.42. The molecule has 6 nitrogen and oxygen atoms in total. The number of alkyl halides is 2. The number of halogens is 2. The first-order valence-corrected chi connectivity index (χ1v) is 10.6. The van der Waals surface area contributed by atoms with Crippen molar-refractivity contribution in [1.82, 2.24) is 10.2 Å². The van der Waals surface area contributed by atoms with E-state index in [1.165, 1.54) is 23.9 Å². The molecule has 3 rings (SSSR count). The third-order valence-corrected chi connectivity index (χ3v) is 5.17. The number of carbonyl (C=O) groups excluding carboxylic acids is 2. The fraction of sp³-hybridized carbons (Fsp3) is 0.333. The predicted molar refractivity (Wildman–Crippen MR) is 120 cm³/mol. The van der Waals surface area contributed by atoms with Gasteiger partial charge in [0, 0.05) is 56.5 Å². The van der Waals surface area contributed by atoms with Crippen molar-refractivity contribution in [2.75, 3.05) is 37.6 Å². The van der Waals surface area contributed by atoms with Gasteiger partial charge < -0.3 is 19.9 Å². The molecule has 1 N–H and O–H groups in total. The monoisotopic (exact) mass is 443 g/mol. The van der Waals surface area contributed by atoms with Crippen LogP contribution in [0.4, 0.5) is 14.5 Å². The molecule has 8 heteroatoms. The molecule has 0 radical (unpaired) electrons. The van der Waals surface area contributed by atoms with E-state index in [-0.39, 0.29) is 17.6 Å². The van der Waals surface area contributed by atoms with Gasteiger partial charge in [0.15, 0.2) is 0 Å². The molecule has 0 aromatic heterocycles. The smallest absolute Gasteiger partial charge is 0.387 e. The van der Waals surface area contributed by atoms with Crippen LogP contribution in [0.5, 0.6) is 5.75 Å². The fourth-order valence-electron chi connectivity index (χ4n) is 3.51. The third-order valence-electron chi connectivity index (χ3n) is 5.17. The number of piperazine rings is 1. The van der Waals surface area contributed by atoms with Crippen molar-refractivity contribution in [2.45, 2.75) is 19.5 Å². The Morgan fingerprint density at radius 1 is 1.00 bits per heavy atom. The highest BCUT2D eigenvalue weighted by molar-refractivity contribution is 5.92. The number of anilines is 1. The van der Waals surface area contributed by atoms with Crippen LogP contribution < -0.4 is 15.0 Å². The van der Waals surface area contributed by atoms with Gasteiger partial charge in [-0.1, -0.05) is 36.4 Å². The van der Waals surface area contributed by atoms with Crippen LogP contribution in [0.1, 0.15) is 18.4 Å². The maximum Gasteiger partial charge on any atom is 0.387 e. The molecule has 170 valence electrons. The molecule has 0 bridgehead atoms. The van der Waals surface area contributed by atoms with Crippen LogP contribution in [0.3, 0.4) is 0 Å². The van der Waals surface area contributed by atoms with Crippen LogP contribution in [0.25, 0.3) is 6.08 Å². The van der Waals surface area contributed by atoms with Gasteiger partial charge >= 0.3 is 6.61 Å². The van der Waals surface area contributed by atoms with Gasteiger partial charge in [-0.05, 0) is 30.7 Å². The highest BCUT2D eigenvalue weighted by Gasteiger charge is 2.20. The second-order valence-corrected chi connectivity index (χ2v) is 7.35. The molecule has 0 unspecified atom stereocenters. The van der Waals surface area contributed by atoms with Gasteiger partial charge in [-0.15, -0.1) is 0 Å². The van der Waals surface area contributed by atoms with Gasteiger partial charge in [0.25, 0.3) is 0 Å². The second-order valence-electron chi connectivity index (χ2n) is 7.35. The maximum absolute atomic E-state index is 12.4. The van der Waals surface area contributed by atoms with Gasteiger partial charge in [0.2, 0.25) is 11.8 Å². The predicted octanol–water partition coefficient (Wildman–Crippen LogP) is 3.55. The van der Waals surface area contributed by atoms with Gasteiger partial charge in [-0.3, -0.25) is 9.59 Å². The molecule has 1 heterocycles. The van der Waals surface area contributed by atoms with E-state index in [2.05, 4.69) is 27.1 Å². The van der Waals surface area contributed by atoms with Crippen LogP contribution in [0.15, 0.2) is 60.7 Å². The lowest BCUT2D eigenvalue weighted by atomic mass is 10.2. The van der Waals surface area contributed by atoms with Crippen LogP contribution in [-0.4, -0.2) is 56.0 Å². The number of nitrogens with zero attached hydrogens (tertiary/aromatic N) is 2. The first-order valence-electron chi connectivity index (χ1n) is 10.6. The lowest BCUT2D eigenvalue weighted by Gasteiger charge is -2.36. The van der Waals surface area contributed by atoms with E-state index in [1.807, 2.05) is 23.1 Å². The topological polar surface area (TPSA) is 61.9 Å². The molecule has 32 heavy (non-hydrogen) atoms. The van der Waals surface area contributed by atoms with Gasteiger partial charge in [0.1, 0.15) is 5.75 Å². The number of carbonyl (C=O) groups is 2. The zero-order chi connectivity index (χ0) is 22.8. The van der Waals surface area contributed by atoms with Gasteiger partial charge in [-0.25, -0.2) is 0 Å². The summed E-state index contributed by atoms with van der Waals surface area (Å²) in [5.41, 5.74) is 1.55. The molecule has 0 atom stereocenters. The van der Waals surface area contributed by atoms with Gasteiger partial charge in [-0.2, -0.15) is 8.78 Å². The van der Waals surface area contributed by atoms with Crippen molar-refractivity contribution in [2.24, 2.45) is 0 Å². The summed E-state index contributed by atoms with van der Waals surface area (Å²) in [5, 5.41) is 2.71. The quantitative estimate of drug-likeness (QED) is 0.476. The minimum absolute atomic E-state index is 0.00417. The third kappa shape index (κ3) is 7.08. The summed E-state index contributed by atoms with van der Waals surface area (Å²) < 4.78 is 29.3. The summed E-state index contributed by atoms with van der Waals surface area (Å²) in [7, 11) is 0. The minimum atomic E-state index is -2.93. The Labute approximate surface area is 186 Å². The molecule has 1 fully saturated rings.